The van der Waals surface area contributed by atoms with Gasteiger partial charge in [0.1, 0.15) is 11.8 Å². The van der Waals surface area contributed by atoms with Gasteiger partial charge in [-0.25, -0.2) is 0 Å². The summed E-state index contributed by atoms with van der Waals surface area (Å²) in [4.78, 5) is 0. The predicted octanol–water partition coefficient (Wildman–Crippen LogP) is 1.90. The van der Waals surface area contributed by atoms with Crippen LogP contribution in [0.1, 0.15) is 38.0 Å². The third-order valence-corrected chi connectivity index (χ3v) is 3.63. The molecule has 0 saturated heterocycles. The summed E-state index contributed by atoms with van der Waals surface area (Å²) in [5.41, 5.74) is 0.807. The molecule has 16 heavy (non-hydrogen) atoms. The molecule has 1 aromatic heterocycles. The number of aryl methyl sites for hydroxylation is 1. The zero-order chi connectivity index (χ0) is 11.7. The summed E-state index contributed by atoms with van der Waals surface area (Å²) < 4.78 is 6.95. The van der Waals surface area contributed by atoms with Crippen LogP contribution in [0.3, 0.4) is 0 Å². The summed E-state index contributed by atoms with van der Waals surface area (Å²) in [5, 5.41) is 14.5. The highest BCUT2D eigenvalue weighted by Crippen LogP contribution is 2.40. The second kappa shape index (κ2) is 4.45. The molecular formula is C12H20N2O2. The van der Waals surface area contributed by atoms with E-state index in [0.29, 0.717) is 11.7 Å². The van der Waals surface area contributed by atoms with Crippen LogP contribution in [0.4, 0.5) is 0 Å². The monoisotopic (exact) mass is 224 g/mol. The highest BCUT2D eigenvalue weighted by Gasteiger charge is 2.31. The van der Waals surface area contributed by atoms with Crippen LogP contribution >= 0.6 is 0 Å². The van der Waals surface area contributed by atoms with E-state index in [9.17, 15) is 5.11 Å². The van der Waals surface area contributed by atoms with Crippen LogP contribution in [0, 0.1) is 11.8 Å². The van der Waals surface area contributed by atoms with Gasteiger partial charge in [-0.2, -0.15) is 5.10 Å². The first-order valence-electron chi connectivity index (χ1n) is 5.87. The third-order valence-electron chi connectivity index (χ3n) is 3.63. The molecular weight excluding hydrogens is 204 g/mol. The van der Waals surface area contributed by atoms with Crippen LogP contribution in [0.25, 0.3) is 0 Å². The van der Waals surface area contributed by atoms with Crippen molar-refractivity contribution in [3.05, 3.63) is 11.9 Å². The van der Waals surface area contributed by atoms with Crippen molar-refractivity contribution in [3.63, 3.8) is 0 Å². The van der Waals surface area contributed by atoms with Gasteiger partial charge >= 0.3 is 0 Å². The van der Waals surface area contributed by atoms with Crippen molar-refractivity contribution in [3.8, 4) is 5.75 Å². The summed E-state index contributed by atoms with van der Waals surface area (Å²) in [6.45, 7) is 2.24. The van der Waals surface area contributed by atoms with Crippen LogP contribution < -0.4 is 4.74 Å². The van der Waals surface area contributed by atoms with Crippen molar-refractivity contribution in [1.82, 2.24) is 9.78 Å². The highest BCUT2D eigenvalue weighted by atomic mass is 16.5. The second-order valence-electron chi connectivity index (χ2n) is 4.84. The number of methoxy groups -OCH3 is 1. The number of aliphatic hydroxyl groups excluding tert-OH is 1. The highest BCUT2D eigenvalue weighted by molar-refractivity contribution is 5.27. The van der Waals surface area contributed by atoms with Crippen LogP contribution in [-0.4, -0.2) is 22.0 Å². The van der Waals surface area contributed by atoms with Crippen molar-refractivity contribution >= 4 is 0 Å². The van der Waals surface area contributed by atoms with E-state index in [1.807, 2.05) is 7.05 Å². The van der Waals surface area contributed by atoms with Gasteiger partial charge in [-0.1, -0.05) is 13.3 Å². The van der Waals surface area contributed by atoms with Crippen molar-refractivity contribution in [2.75, 3.05) is 7.11 Å². The van der Waals surface area contributed by atoms with Gasteiger partial charge < -0.3 is 9.84 Å². The molecule has 1 aromatic rings. The molecule has 1 heterocycles. The largest absolute Gasteiger partial charge is 0.493 e. The summed E-state index contributed by atoms with van der Waals surface area (Å²) in [7, 11) is 3.46. The first-order chi connectivity index (χ1) is 7.63. The van der Waals surface area contributed by atoms with E-state index in [4.69, 9.17) is 4.74 Å². The van der Waals surface area contributed by atoms with E-state index in [1.165, 1.54) is 6.42 Å². The average molecular weight is 224 g/mol. The number of hydrogen-bond donors (Lipinski definition) is 1. The molecule has 0 amide bonds. The molecule has 3 unspecified atom stereocenters. The third kappa shape index (κ3) is 1.94. The number of rotatable bonds is 3. The van der Waals surface area contributed by atoms with Gasteiger partial charge in [-0.3, -0.25) is 4.68 Å². The van der Waals surface area contributed by atoms with Crippen LogP contribution in [0.2, 0.25) is 0 Å². The molecule has 0 radical (unpaired) electrons. The Morgan fingerprint density at radius 2 is 2.31 bits per heavy atom. The zero-order valence-electron chi connectivity index (χ0n) is 10.2. The summed E-state index contributed by atoms with van der Waals surface area (Å²) in [5.74, 6) is 1.76. The topological polar surface area (TPSA) is 47.3 Å². The molecule has 2 rings (SSSR count). The van der Waals surface area contributed by atoms with Crippen molar-refractivity contribution in [1.29, 1.82) is 0 Å². The van der Waals surface area contributed by atoms with E-state index in [0.717, 1.165) is 24.5 Å². The fraction of sp³-hybridized carbons (Fsp3) is 0.750. The normalized spacial score (nSPS) is 27.0. The van der Waals surface area contributed by atoms with E-state index in [1.54, 1.807) is 18.0 Å². The smallest absolute Gasteiger partial charge is 0.162 e. The molecule has 1 N–H and O–H groups in total. The van der Waals surface area contributed by atoms with Gasteiger partial charge in [-0.15, -0.1) is 0 Å². The van der Waals surface area contributed by atoms with Gasteiger partial charge in [0.05, 0.1) is 13.3 Å². The van der Waals surface area contributed by atoms with Crippen molar-refractivity contribution in [2.45, 2.75) is 32.3 Å². The molecule has 90 valence electrons. The Balaban J connectivity index is 2.19. The first-order valence-corrected chi connectivity index (χ1v) is 5.87. The van der Waals surface area contributed by atoms with E-state index in [-0.39, 0.29) is 0 Å². The van der Waals surface area contributed by atoms with Crippen LogP contribution in [0.5, 0.6) is 5.75 Å². The molecule has 1 aliphatic rings. The predicted molar refractivity (Wildman–Crippen MR) is 61.2 cm³/mol. The minimum atomic E-state index is -0.451. The van der Waals surface area contributed by atoms with Crippen LogP contribution in [-0.2, 0) is 7.05 Å². The van der Waals surface area contributed by atoms with E-state index in [2.05, 4.69) is 12.0 Å². The lowest BCUT2D eigenvalue weighted by molar-refractivity contribution is 0.0984. The Hall–Kier alpha value is -1.03. The quantitative estimate of drug-likeness (QED) is 0.853. The molecule has 4 heteroatoms. The molecule has 1 saturated carbocycles. The van der Waals surface area contributed by atoms with Gasteiger partial charge in [0.15, 0.2) is 5.75 Å². The number of aliphatic hydroxyl groups is 1. The molecule has 0 spiro atoms. The van der Waals surface area contributed by atoms with Crippen molar-refractivity contribution < 1.29 is 9.84 Å². The van der Waals surface area contributed by atoms with E-state index >= 15 is 0 Å². The summed E-state index contributed by atoms with van der Waals surface area (Å²) in [6.07, 6.45) is 4.61. The minimum absolute atomic E-state index is 0.347. The summed E-state index contributed by atoms with van der Waals surface area (Å²) >= 11 is 0. The zero-order valence-corrected chi connectivity index (χ0v) is 10.2. The molecule has 0 aliphatic heterocycles. The lowest BCUT2D eigenvalue weighted by atomic mass is 9.96. The molecule has 0 bridgehead atoms. The van der Waals surface area contributed by atoms with E-state index < -0.39 is 6.10 Å². The Kier molecular flexibility index (Phi) is 3.19. The maximum atomic E-state index is 10.4. The second-order valence-corrected chi connectivity index (χ2v) is 4.84. The number of aromatic nitrogens is 2. The fourth-order valence-corrected chi connectivity index (χ4v) is 2.68. The number of ether oxygens (including phenoxy) is 1. The van der Waals surface area contributed by atoms with Crippen LogP contribution in [0.15, 0.2) is 6.20 Å². The average Bonchev–Trinajstić information content (AvgIpc) is 2.83. The Bertz CT molecular complexity index is 362. The fourth-order valence-electron chi connectivity index (χ4n) is 2.68. The Labute approximate surface area is 96.2 Å². The van der Waals surface area contributed by atoms with Gasteiger partial charge in [0.25, 0.3) is 0 Å². The van der Waals surface area contributed by atoms with Gasteiger partial charge in [-0.05, 0) is 24.7 Å². The first kappa shape index (κ1) is 11.5. The molecule has 3 atom stereocenters. The van der Waals surface area contributed by atoms with Gasteiger partial charge in [0.2, 0.25) is 0 Å². The molecule has 1 aliphatic carbocycles. The molecule has 1 fully saturated rings. The lowest BCUT2D eigenvalue weighted by Crippen LogP contribution is -2.14. The Morgan fingerprint density at radius 1 is 1.56 bits per heavy atom. The number of hydrogen-bond acceptors (Lipinski definition) is 3. The standard InChI is InChI=1S/C12H20N2O2/c1-8-4-5-9(6-8)12(15)11-10(16-3)7-13-14(11)2/h7-9,12,15H,4-6H2,1-3H3. The SMILES string of the molecule is COc1cnn(C)c1C(O)C1CCC(C)C1. The molecule has 0 aromatic carbocycles. The number of nitrogens with zero attached hydrogens (tertiary/aromatic N) is 2. The summed E-state index contributed by atoms with van der Waals surface area (Å²) in [6, 6.07) is 0. The lowest BCUT2D eigenvalue weighted by Gasteiger charge is -2.19. The maximum Gasteiger partial charge on any atom is 0.162 e. The van der Waals surface area contributed by atoms with Gasteiger partial charge in [0, 0.05) is 7.05 Å². The molecule has 4 nitrogen and oxygen atoms in total. The maximum absolute atomic E-state index is 10.4. The minimum Gasteiger partial charge on any atom is -0.493 e. The Morgan fingerprint density at radius 3 is 2.88 bits per heavy atom. The van der Waals surface area contributed by atoms with Crippen molar-refractivity contribution in [2.24, 2.45) is 18.9 Å².